The summed E-state index contributed by atoms with van der Waals surface area (Å²) in [5.74, 6) is -0.879. The first-order valence-electron chi connectivity index (χ1n) is 30.1. The third kappa shape index (κ3) is 56.2. The largest absolute Gasteiger partial charge is 0.462 e. The second-order valence-electron chi connectivity index (χ2n) is 20.2. The van der Waals surface area contributed by atoms with E-state index in [9.17, 15) is 14.4 Å². The van der Waals surface area contributed by atoms with Gasteiger partial charge in [-0.05, 0) is 103 Å². The first-order chi connectivity index (χ1) is 34.0. The summed E-state index contributed by atoms with van der Waals surface area (Å²) in [6.45, 7) is 6.63. The molecule has 0 amide bonds. The normalized spacial score (nSPS) is 11.9. The van der Waals surface area contributed by atoms with Crippen molar-refractivity contribution in [3.63, 3.8) is 0 Å². The van der Waals surface area contributed by atoms with Gasteiger partial charge in [0, 0.05) is 19.3 Å². The minimum absolute atomic E-state index is 0.0783. The topological polar surface area (TPSA) is 78.9 Å². The first kappa shape index (κ1) is 66.4. The SMILES string of the molecule is CCCCC/C=C\C/C=C\CCCCCCCCCC(=O)OC(COC(=O)CCCCCCCCC/C=C\CCCCCCCC)COC(=O)CCCCCCCCC/C=C\CCCCCCCC. The zero-order valence-corrected chi connectivity index (χ0v) is 46.1. The van der Waals surface area contributed by atoms with Gasteiger partial charge in [-0.2, -0.15) is 0 Å². The highest BCUT2D eigenvalue weighted by Gasteiger charge is 2.19. The Bertz CT molecular complexity index is 1140. The molecule has 69 heavy (non-hydrogen) atoms. The minimum atomic E-state index is -0.781. The Balaban J connectivity index is 4.38. The van der Waals surface area contributed by atoms with E-state index in [-0.39, 0.29) is 31.1 Å². The second kappa shape index (κ2) is 57.9. The van der Waals surface area contributed by atoms with Crippen molar-refractivity contribution in [1.29, 1.82) is 0 Å². The third-order valence-electron chi connectivity index (χ3n) is 13.3. The number of unbranched alkanes of at least 4 members (excludes halogenated alkanes) is 36. The summed E-state index contributed by atoms with van der Waals surface area (Å²) in [6.07, 6.45) is 71.0. The molecule has 0 saturated heterocycles. The van der Waals surface area contributed by atoms with Gasteiger partial charge >= 0.3 is 17.9 Å². The molecule has 402 valence electrons. The Labute approximate surface area is 428 Å². The quantitative estimate of drug-likeness (QED) is 0.0262. The molecule has 0 spiro atoms. The van der Waals surface area contributed by atoms with Crippen LogP contribution < -0.4 is 0 Å². The van der Waals surface area contributed by atoms with Gasteiger partial charge in [0.1, 0.15) is 13.2 Å². The third-order valence-corrected chi connectivity index (χ3v) is 13.3. The van der Waals surface area contributed by atoms with Crippen molar-refractivity contribution < 1.29 is 28.6 Å². The number of hydrogen-bond acceptors (Lipinski definition) is 6. The van der Waals surface area contributed by atoms with Crippen molar-refractivity contribution in [3.8, 4) is 0 Å². The zero-order valence-electron chi connectivity index (χ0n) is 46.1. The van der Waals surface area contributed by atoms with E-state index in [1.54, 1.807) is 0 Å². The summed E-state index contributed by atoms with van der Waals surface area (Å²) < 4.78 is 16.9. The van der Waals surface area contributed by atoms with Gasteiger partial charge in [0.2, 0.25) is 0 Å². The van der Waals surface area contributed by atoms with Gasteiger partial charge in [-0.25, -0.2) is 0 Å². The molecule has 0 unspecified atom stereocenters. The van der Waals surface area contributed by atoms with Crippen LogP contribution >= 0.6 is 0 Å². The number of rotatable bonds is 55. The fourth-order valence-electron chi connectivity index (χ4n) is 8.70. The predicted octanol–water partition coefficient (Wildman–Crippen LogP) is 20.2. The van der Waals surface area contributed by atoms with E-state index in [2.05, 4.69) is 69.4 Å². The monoisotopic (exact) mass is 967 g/mol. The average molecular weight is 968 g/mol. The molecule has 0 N–H and O–H groups in total. The van der Waals surface area contributed by atoms with Crippen molar-refractivity contribution in [2.45, 2.75) is 322 Å². The lowest BCUT2D eigenvalue weighted by atomic mass is 10.1. The van der Waals surface area contributed by atoms with Gasteiger partial charge in [-0.15, -0.1) is 0 Å². The molecular weight excluding hydrogens is 853 g/mol. The molecule has 0 fully saturated rings. The van der Waals surface area contributed by atoms with Crippen LogP contribution in [0.1, 0.15) is 316 Å². The molecule has 0 aliphatic rings. The summed E-state index contributed by atoms with van der Waals surface area (Å²) in [5, 5.41) is 0. The van der Waals surface area contributed by atoms with E-state index in [0.29, 0.717) is 19.3 Å². The molecule has 0 bridgehead atoms. The van der Waals surface area contributed by atoms with Crippen molar-refractivity contribution >= 4 is 17.9 Å². The van der Waals surface area contributed by atoms with E-state index in [0.717, 1.165) is 70.6 Å². The lowest BCUT2D eigenvalue weighted by Gasteiger charge is -2.18. The zero-order chi connectivity index (χ0) is 50.0. The van der Waals surface area contributed by atoms with E-state index in [1.165, 1.54) is 205 Å². The highest BCUT2D eigenvalue weighted by atomic mass is 16.6. The number of hydrogen-bond donors (Lipinski definition) is 0. The number of carbonyl (C=O) groups excluding carboxylic acids is 3. The van der Waals surface area contributed by atoms with Crippen LogP contribution in [0.2, 0.25) is 0 Å². The predicted molar refractivity (Wildman–Crippen MR) is 298 cm³/mol. The van der Waals surface area contributed by atoms with E-state index >= 15 is 0 Å². The number of ether oxygens (including phenoxy) is 3. The molecule has 0 heterocycles. The van der Waals surface area contributed by atoms with Gasteiger partial charge in [0.15, 0.2) is 6.10 Å². The van der Waals surface area contributed by atoms with Gasteiger partial charge in [0.25, 0.3) is 0 Å². The highest BCUT2D eigenvalue weighted by molar-refractivity contribution is 5.71. The van der Waals surface area contributed by atoms with Gasteiger partial charge in [-0.1, -0.05) is 243 Å². The summed E-state index contributed by atoms with van der Waals surface area (Å²) in [7, 11) is 0. The lowest BCUT2D eigenvalue weighted by Crippen LogP contribution is -2.30. The Hall–Kier alpha value is -2.63. The fourth-order valence-corrected chi connectivity index (χ4v) is 8.70. The summed E-state index contributed by atoms with van der Waals surface area (Å²) in [5.41, 5.74) is 0. The van der Waals surface area contributed by atoms with Crippen LogP contribution in [0.15, 0.2) is 48.6 Å². The molecule has 6 nitrogen and oxygen atoms in total. The number of carbonyl (C=O) groups is 3. The van der Waals surface area contributed by atoms with E-state index < -0.39 is 6.10 Å². The maximum Gasteiger partial charge on any atom is 0.306 e. The minimum Gasteiger partial charge on any atom is -0.462 e. The summed E-state index contributed by atoms with van der Waals surface area (Å²) in [4.78, 5) is 38.2. The highest BCUT2D eigenvalue weighted by Crippen LogP contribution is 2.16. The molecule has 0 aliphatic carbocycles. The Kier molecular flexibility index (Phi) is 55.7. The first-order valence-corrected chi connectivity index (χ1v) is 30.1. The summed E-state index contributed by atoms with van der Waals surface area (Å²) in [6, 6.07) is 0. The molecular formula is C63H114O6. The van der Waals surface area contributed by atoms with Crippen LogP contribution in [0, 0.1) is 0 Å². The Morgan fingerprint density at radius 2 is 0.522 bits per heavy atom. The van der Waals surface area contributed by atoms with Crippen LogP contribution in [0.3, 0.4) is 0 Å². The van der Waals surface area contributed by atoms with Crippen LogP contribution in [0.4, 0.5) is 0 Å². The van der Waals surface area contributed by atoms with E-state index in [4.69, 9.17) is 14.2 Å². The van der Waals surface area contributed by atoms with Crippen LogP contribution in [-0.4, -0.2) is 37.2 Å². The van der Waals surface area contributed by atoms with Gasteiger partial charge < -0.3 is 14.2 Å². The Morgan fingerprint density at radius 3 is 0.841 bits per heavy atom. The maximum absolute atomic E-state index is 12.9. The van der Waals surface area contributed by atoms with Crippen LogP contribution in [-0.2, 0) is 28.6 Å². The average Bonchev–Trinajstić information content (AvgIpc) is 3.35. The summed E-state index contributed by atoms with van der Waals surface area (Å²) >= 11 is 0. The van der Waals surface area contributed by atoms with Crippen molar-refractivity contribution in [1.82, 2.24) is 0 Å². The molecule has 0 atom stereocenters. The molecule has 0 aromatic carbocycles. The van der Waals surface area contributed by atoms with Crippen molar-refractivity contribution in [3.05, 3.63) is 48.6 Å². The van der Waals surface area contributed by atoms with Gasteiger partial charge in [-0.3, -0.25) is 14.4 Å². The fraction of sp³-hybridized carbons (Fsp3) is 0.825. The van der Waals surface area contributed by atoms with E-state index in [1.807, 2.05) is 0 Å². The van der Waals surface area contributed by atoms with Gasteiger partial charge in [0.05, 0.1) is 0 Å². The standard InChI is InChI=1S/C63H114O6/c1-4-7-10-13-16-19-22-25-28-31-34-37-40-43-46-49-52-55-61(64)67-58-60(69-63(66)57-54-51-48-45-42-39-36-33-30-27-24-21-18-15-12-9-6-3)59-68-62(65)56-53-50-47-44-41-38-35-32-29-26-23-20-17-14-11-8-5-2/h18,21,25-30,60H,4-17,19-20,22-24,31-59H2,1-3H3/b21-18-,28-25-,29-26-,30-27-. The van der Waals surface area contributed by atoms with Crippen LogP contribution in [0.5, 0.6) is 0 Å². The van der Waals surface area contributed by atoms with Crippen molar-refractivity contribution in [2.24, 2.45) is 0 Å². The molecule has 0 aromatic heterocycles. The smallest absolute Gasteiger partial charge is 0.306 e. The molecule has 0 aromatic rings. The molecule has 6 heteroatoms. The van der Waals surface area contributed by atoms with Crippen LogP contribution in [0.25, 0.3) is 0 Å². The second-order valence-corrected chi connectivity index (χ2v) is 20.2. The molecule has 0 saturated carbocycles. The lowest BCUT2D eigenvalue weighted by molar-refractivity contribution is -0.167. The Morgan fingerprint density at radius 1 is 0.290 bits per heavy atom. The maximum atomic E-state index is 12.9. The number of esters is 3. The molecule has 0 aliphatic heterocycles. The molecule has 0 rings (SSSR count). The molecule has 0 radical (unpaired) electrons. The van der Waals surface area contributed by atoms with Crippen molar-refractivity contribution in [2.75, 3.05) is 13.2 Å². The number of allylic oxidation sites excluding steroid dienone is 8.